The molecule has 0 radical (unpaired) electrons. The minimum absolute atomic E-state index is 0.0301. The number of nitrogens with one attached hydrogen (secondary N) is 1. The summed E-state index contributed by atoms with van der Waals surface area (Å²) in [5.41, 5.74) is 0. The Morgan fingerprint density at radius 3 is 2.89 bits per heavy atom. The molecule has 1 atom stereocenters. The van der Waals surface area contributed by atoms with E-state index in [9.17, 15) is 4.79 Å². The number of carbonyl (C=O) groups is 1. The summed E-state index contributed by atoms with van der Waals surface area (Å²) in [4.78, 5) is 12.1. The van der Waals surface area contributed by atoms with Gasteiger partial charge in [0.15, 0.2) is 0 Å². The Balaban J connectivity index is 2.51. The van der Waals surface area contributed by atoms with Crippen LogP contribution in [0.25, 0.3) is 0 Å². The Kier molecular flexibility index (Phi) is 1.57. The lowest BCUT2D eigenvalue weighted by Crippen LogP contribution is -2.32. The maximum absolute atomic E-state index is 10.6. The fourth-order valence-electron chi connectivity index (χ4n) is 0.820. The van der Waals surface area contributed by atoms with Gasteiger partial charge < -0.3 is 15.3 Å². The summed E-state index contributed by atoms with van der Waals surface area (Å²) in [5, 5.41) is 11.2. The van der Waals surface area contributed by atoms with Crippen molar-refractivity contribution in [3.05, 3.63) is 0 Å². The van der Waals surface area contributed by atoms with Crippen LogP contribution < -0.4 is 5.32 Å². The molecule has 1 aliphatic rings. The van der Waals surface area contributed by atoms with Crippen molar-refractivity contribution in [2.75, 3.05) is 20.2 Å². The third-order valence-corrected chi connectivity index (χ3v) is 1.57. The van der Waals surface area contributed by atoms with Crippen LogP contribution in [0.5, 0.6) is 0 Å². The lowest BCUT2D eigenvalue weighted by Gasteiger charge is -2.13. The van der Waals surface area contributed by atoms with Crippen molar-refractivity contribution in [1.82, 2.24) is 10.2 Å². The molecule has 0 aromatic rings. The van der Waals surface area contributed by atoms with Gasteiger partial charge in [0.05, 0.1) is 12.6 Å². The number of rotatable bonds is 1. The highest BCUT2D eigenvalue weighted by atomic mass is 16.3. The van der Waals surface area contributed by atoms with Crippen molar-refractivity contribution >= 4 is 6.03 Å². The highest BCUT2D eigenvalue weighted by molar-refractivity contribution is 5.76. The summed E-state index contributed by atoms with van der Waals surface area (Å²) in [7, 11) is 1.67. The van der Waals surface area contributed by atoms with E-state index in [2.05, 4.69) is 5.32 Å². The normalized spacial score (nSPS) is 26.7. The van der Waals surface area contributed by atoms with Gasteiger partial charge in [-0.3, -0.25) is 0 Å². The van der Waals surface area contributed by atoms with Gasteiger partial charge >= 0.3 is 6.03 Å². The van der Waals surface area contributed by atoms with E-state index in [1.807, 2.05) is 0 Å². The van der Waals surface area contributed by atoms with Crippen molar-refractivity contribution in [1.29, 1.82) is 0 Å². The molecule has 2 N–H and O–H groups in total. The number of aliphatic hydroxyl groups excluding tert-OH is 1. The van der Waals surface area contributed by atoms with Crippen molar-refractivity contribution in [2.24, 2.45) is 0 Å². The van der Waals surface area contributed by atoms with Crippen LogP contribution in [-0.4, -0.2) is 42.3 Å². The number of hydrogen-bond donors (Lipinski definition) is 2. The van der Waals surface area contributed by atoms with Crippen molar-refractivity contribution in [3.63, 3.8) is 0 Å². The number of aliphatic hydroxyl groups is 1. The van der Waals surface area contributed by atoms with Crippen molar-refractivity contribution < 1.29 is 9.90 Å². The molecule has 4 nitrogen and oxygen atoms in total. The van der Waals surface area contributed by atoms with E-state index in [0.717, 1.165) is 0 Å². The lowest BCUT2D eigenvalue weighted by atomic mass is 10.3. The first-order valence-electron chi connectivity index (χ1n) is 2.87. The van der Waals surface area contributed by atoms with E-state index in [0.29, 0.717) is 6.54 Å². The summed E-state index contributed by atoms with van der Waals surface area (Å²) in [6.07, 6.45) is 0. The fraction of sp³-hybridized carbons (Fsp3) is 0.800. The van der Waals surface area contributed by atoms with Gasteiger partial charge in [0.2, 0.25) is 0 Å². The Bertz CT molecular complexity index is 126. The maximum atomic E-state index is 10.6. The van der Waals surface area contributed by atoms with Gasteiger partial charge in [0, 0.05) is 13.6 Å². The SMILES string of the molecule is CN1C(=O)NC[C@@H]1CO. The fourth-order valence-corrected chi connectivity index (χ4v) is 0.820. The second kappa shape index (κ2) is 2.23. The second-order valence-electron chi connectivity index (χ2n) is 2.13. The van der Waals surface area contributed by atoms with E-state index in [1.165, 1.54) is 4.90 Å². The highest BCUT2D eigenvalue weighted by Crippen LogP contribution is 2.01. The standard InChI is InChI=1S/C5H10N2O2/c1-7-4(3-8)2-6-5(7)9/h4,8H,2-3H2,1H3,(H,6,9)/t4-/m1/s1. The van der Waals surface area contributed by atoms with Gasteiger partial charge in [0.1, 0.15) is 0 Å². The summed E-state index contributed by atoms with van der Waals surface area (Å²) in [6, 6.07) is -0.133. The van der Waals surface area contributed by atoms with Crippen LogP contribution >= 0.6 is 0 Å². The quantitative estimate of drug-likeness (QED) is 0.478. The Morgan fingerprint density at radius 1 is 2.00 bits per heavy atom. The summed E-state index contributed by atoms with van der Waals surface area (Å²) >= 11 is 0. The molecule has 1 saturated heterocycles. The summed E-state index contributed by atoms with van der Waals surface area (Å²) in [5.74, 6) is 0. The number of urea groups is 1. The number of hydrogen-bond acceptors (Lipinski definition) is 2. The lowest BCUT2D eigenvalue weighted by molar-refractivity contribution is 0.181. The molecule has 0 aliphatic carbocycles. The van der Waals surface area contributed by atoms with E-state index in [4.69, 9.17) is 5.11 Å². The average molecular weight is 130 g/mol. The smallest absolute Gasteiger partial charge is 0.317 e. The number of carbonyl (C=O) groups excluding carboxylic acids is 1. The molecule has 0 bridgehead atoms. The molecular formula is C5H10N2O2. The second-order valence-corrected chi connectivity index (χ2v) is 2.13. The minimum Gasteiger partial charge on any atom is -0.394 e. The van der Waals surface area contributed by atoms with E-state index in [1.54, 1.807) is 7.05 Å². The van der Waals surface area contributed by atoms with Gasteiger partial charge in [-0.15, -0.1) is 0 Å². The van der Waals surface area contributed by atoms with Gasteiger partial charge in [0.25, 0.3) is 0 Å². The summed E-state index contributed by atoms with van der Waals surface area (Å²) in [6.45, 7) is 0.598. The van der Waals surface area contributed by atoms with Crippen LogP contribution in [0, 0.1) is 0 Å². The third kappa shape index (κ3) is 0.977. The molecule has 0 spiro atoms. The number of nitrogens with zero attached hydrogens (tertiary/aromatic N) is 1. The molecule has 0 saturated carbocycles. The molecule has 4 heteroatoms. The Labute approximate surface area is 53.5 Å². The van der Waals surface area contributed by atoms with Crippen LogP contribution in [0.1, 0.15) is 0 Å². The predicted octanol–water partition coefficient (Wildman–Crippen LogP) is -0.998. The molecule has 1 rings (SSSR count). The topological polar surface area (TPSA) is 52.6 Å². The van der Waals surface area contributed by atoms with Crippen molar-refractivity contribution in [3.8, 4) is 0 Å². The molecule has 0 aromatic carbocycles. The predicted molar refractivity (Wildman–Crippen MR) is 32.0 cm³/mol. The van der Waals surface area contributed by atoms with Gasteiger partial charge in [-0.1, -0.05) is 0 Å². The average Bonchev–Trinajstić information content (AvgIpc) is 2.15. The zero-order valence-electron chi connectivity index (χ0n) is 5.29. The Hall–Kier alpha value is -0.770. The minimum atomic E-state index is -0.103. The Morgan fingerprint density at radius 2 is 2.67 bits per heavy atom. The van der Waals surface area contributed by atoms with Crippen LogP contribution in [-0.2, 0) is 0 Å². The van der Waals surface area contributed by atoms with Crippen LogP contribution in [0.2, 0.25) is 0 Å². The largest absolute Gasteiger partial charge is 0.394 e. The maximum Gasteiger partial charge on any atom is 0.317 e. The van der Waals surface area contributed by atoms with E-state index < -0.39 is 0 Å². The molecule has 0 unspecified atom stereocenters. The molecule has 1 fully saturated rings. The first kappa shape index (κ1) is 6.35. The number of amides is 2. The first-order chi connectivity index (χ1) is 4.25. The van der Waals surface area contributed by atoms with Gasteiger partial charge in [-0.25, -0.2) is 4.79 Å². The van der Waals surface area contributed by atoms with Gasteiger partial charge in [-0.2, -0.15) is 0 Å². The molecule has 1 heterocycles. The summed E-state index contributed by atoms with van der Waals surface area (Å²) < 4.78 is 0. The molecule has 1 aliphatic heterocycles. The molecule has 0 aromatic heterocycles. The highest BCUT2D eigenvalue weighted by Gasteiger charge is 2.25. The van der Waals surface area contributed by atoms with Crippen molar-refractivity contribution in [2.45, 2.75) is 6.04 Å². The van der Waals surface area contributed by atoms with E-state index in [-0.39, 0.29) is 18.7 Å². The molecular weight excluding hydrogens is 120 g/mol. The van der Waals surface area contributed by atoms with E-state index >= 15 is 0 Å². The number of likely N-dealkylation sites (N-methyl/N-ethyl adjacent to an activating group) is 1. The van der Waals surface area contributed by atoms with Crippen LogP contribution in [0.15, 0.2) is 0 Å². The molecule has 52 valence electrons. The van der Waals surface area contributed by atoms with Crippen LogP contribution in [0.4, 0.5) is 4.79 Å². The van der Waals surface area contributed by atoms with Crippen LogP contribution in [0.3, 0.4) is 0 Å². The zero-order valence-corrected chi connectivity index (χ0v) is 5.29. The first-order valence-corrected chi connectivity index (χ1v) is 2.87. The molecule has 2 amide bonds. The third-order valence-electron chi connectivity index (χ3n) is 1.57. The molecule has 9 heavy (non-hydrogen) atoms. The van der Waals surface area contributed by atoms with Gasteiger partial charge in [-0.05, 0) is 0 Å². The zero-order chi connectivity index (χ0) is 6.85. The monoisotopic (exact) mass is 130 g/mol.